The van der Waals surface area contributed by atoms with Gasteiger partial charge in [-0.15, -0.1) is 0 Å². The molecule has 7 N–H and O–H groups in total. The Hall–Kier alpha value is -1.37. The van der Waals surface area contributed by atoms with E-state index in [1.807, 2.05) is 0 Å². The molecule has 0 aliphatic rings. The summed E-state index contributed by atoms with van der Waals surface area (Å²) in [6, 6.07) is -1.08. The van der Waals surface area contributed by atoms with Crippen LogP contribution in [0.3, 0.4) is 0 Å². The second-order valence-corrected chi connectivity index (χ2v) is 2.51. The minimum atomic E-state index is -1.59. The lowest BCUT2D eigenvalue weighted by molar-refractivity contribution is -0.138. The van der Waals surface area contributed by atoms with Gasteiger partial charge in [0.05, 0.1) is 0 Å². The molecule has 0 aromatic rings. The average Bonchev–Trinajstić information content (AvgIpc) is 1.98. The van der Waals surface area contributed by atoms with Crippen LogP contribution in [0.4, 0.5) is 4.39 Å². The zero-order valence-corrected chi connectivity index (χ0v) is 6.98. The Bertz CT molecular complexity index is 205. The number of aliphatic imine (C=N–C) groups is 1. The molecule has 2 unspecified atom stereocenters. The van der Waals surface area contributed by atoms with Crippen molar-refractivity contribution >= 4 is 11.9 Å². The molecule has 0 fully saturated rings. The van der Waals surface area contributed by atoms with Gasteiger partial charge in [-0.05, 0) is 6.42 Å². The molecule has 0 aromatic heterocycles. The fourth-order valence-electron chi connectivity index (χ4n) is 0.667. The fourth-order valence-corrected chi connectivity index (χ4v) is 0.667. The minimum Gasteiger partial charge on any atom is -0.480 e. The maximum atomic E-state index is 12.7. The third kappa shape index (κ3) is 5.85. The number of rotatable bonds is 5. The molecule has 0 saturated carbocycles. The van der Waals surface area contributed by atoms with E-state index in [4.69, 9.17) is 22.3 Å². The molecule has 0 amide bonds. The minimum absolute atomic E-state index is 0.00667. The highest BCUT2D eigenvalue weighted by Crippen LogP contribution is 2.05. The molecule has 0 rings (SSSR count). The molecule has 0 aromatic carbocycles. The molecule has 6 nitrogen and oxygen atoms in total. The summed E-state index contributed by atoms with van der Waals surface area (Å²) in [7, 11) is 0. The van der Waals surface area contributed by atoms with Crippen LogP contribution in [-0.4, -0.2) is 29.4 Å². The van der Waals surface area contributed by atoms with Crippen LogP contribution in [0, 0.1) is 0 Å². The van der Waals surface area contributed by atoms with Crippen molar-refractivity contribution in [3.05, 3.63) is 0 Å². The van der Waals surface area contributed by atoms with Crippen molar-refractivity contribution < 1.29 is 14.3 Å². The van der Waals surface area contributed by atoms with E-state index in [0.29, 0.717) is 0 Å². The van der Waals surface area contributed by atoms with Crippen molar-refractivity contribution in [2.24, 2.45) is 22.2 Å². The summed E-state index contributed by atoms with van der Waals surface area (Å²) in [5.41, 5.74) is 14.9. The highest BCUT2D eigenvalue weighted by atomic mass is 19.1. The number of halogens is 1. The van der Waals surface area contributed by atoms with Gasteiger partial charge in [-0.3, -0.25) is 4.79 Å². The molecule has 0 bridgehead atoms. The van der Waals surface area contributed by atoms with Crippen molar-refractivity contribution in [1.82, 2.24) is 0 Å². The molecule has 0 saturated heterocycles. The number of carboxylic acids is 1. The lowest BCUT2D eigenvalue weighted by Gasteiger charge is -2.06. The topological polar surface area (TPSA) is 128 Å². The maximum absolute atomic E-state index is 12.7. The van der Waals surface area contributed by atoms with Crippen molar-refractivity contribution in [3.8, 4) is 0 Å². The van der Waals surface area contributed by atoms with Crippen LogP contribution in [0.2, 0.25) is 0 Å². The summed E-state index contributed by atoms with van der Waals surface area (Å²) in [5.74, 6) is -1.53. The Morgan fingerprint density at radius 1 is 1.46 bits per heavy atom. The zero-order valence-electron chi connectivity index (χ0n) is 6.98. The number of carbonyl (C=O) groups is 1. The molecular formula is C6H13FN4O2. The number of guanidine groups is 1. The predicted molar refractivity (Wildman–Crippen MR) is 45.6 cm³/mol. The van der Waals surface area contributed by atoms with Crippen molar-refractivity contribution in [1.29, 1.82) is 0 Å². The standard InChI is InChI=1S/C6H13FN4O2/c7-4(11-6(9)10)2-1-3(8)5(12)13/h3-4H,1-2,8H2,(H,12,13)(H4,9,10,11). The summed E-state index contributed by atoms with van der Waals surface area (Å²) in [4.78, 5) is 13.4. The Kier molecular flexibility index (Phi) is 4.75. The summed E-state index contributed by atoms with van der Waals surface area (Å²) >= 11 is 0. The summed E-state index contributed by atoms with van der Waals surface area (Å²) in [6.45, 7) is 0. The summed E-state index contributed by atoms with van der Waals surface area (Å²) < 4.78 is 12.7. The molecule has 0 aliphatic carbocycles. The first kappa shape index (κ1) is 11.6. The quantitative estimate of drug-likeness (QED) is 0.246. The molecule has 13 heavy (non-hydrogen) atoms. The lowest BCUT2D eigenvalue weighted by atomic mass is 10.1. The molecule has 2 atom stereocenters. The van der Waals surface area contributed by atoms with Crippen LogP contribution < -0.4 is 17.2 Å². The van der Waals surface area contributed by atoms with Gasteiger partial charge < -0.3 is 22.3 Å². The van der Waals surface area contributed by atoms with E-state index >= 15 is 0 Å². The summed E-state index contributed by atoms with van der Waals surface area (Å²) in [6.07, 6.45) is -1.70. The van der Waals surface area contributed by atoms with Crippen LogP contribution in [0.25, 0.3) is 0 Å². The third-order valence-corrected chi connectivity index (χ3v) is 1.32. The number of carboxylic acid groups (broad SMARTS) is 1. The van der Waals surface area contributed by atoms with Gasteiger partial charge in [0.1, 0.15) is 6.04 Å². The third-order valence-electron chi connectivity index (χ3n) is 1.32. The van der Waals surface area contributed by atoms with Gasteiger partial charge in [-0.2, -0.15) is 0 Å². The average molecular weight is 192 g/mol. The first-order valence-electron chi connectivity index (χ1n) is 3.64. The molecule has 0 spiro atoms. The van der Waals surface area contributed by atoms with Gasteiger partial charge in [0, 0.05) is 6.42 Å². The van der Waals surface area contributed by atoms with Gasteiger partial charge in [0.2, 0.25) is 0 Å². The zero-order chi connectivity index (χ0) is 10.4. The van der Waals surface area contributed by atoms with E-state index in [0.717, 1.165) is 0 Å². The number of nitrogens with two attached hydrogens (primary N) is 3. The molecular weight excluding hydrogens is 179 g/mol. The second kappa shape index (κ2) is 5.31. The normalized spacial score (nSPS) is 14.6. The van der Waals surface area contributed by atoms with Crippen molar-refractivity contribution in [3.63, 3.8) is 0 Å². The molecule has 0 aliphatic heterocycles. The predicted octanol–water partition coefficient (Wildman–Crippen LogP) is -1.25. The second-order valence-electron chi connectivity index (χ2n) is 2.51. The number of hydrogen-bond donors (Lipinski definition) is 4. The maximum Gasteiger partial charge on any atom is 0.320 e. The van der Waals surface area contributed by atoms with E-state index < -0.39 is 18.3 Å². The largest absolute Gasteiger partial charge is 0.480 e. The fraction of sp³-hybridized carbons (Fsp3) is 0.667. The Balaban J connectivity index is 3.76. The van der Waals surface area contributed by atoms with E-state index in [1.165, 1.54) is 0 Å². The number of alkyl halides is 1. The van der Waals surface area contributed by atoms with Gasteiger partial charge in [0.15, 0.2) is 12.3 Å². The van der Waals surface area contributed by atoms with Crippen LogP contribution in [0.1, 0.15) is 12.8 Å². The first-order chi connectivity index (χ1) is 5.93. The highest BCUT2D eigenvalue weighted by molar-refractivity contribution is 5.75. The number of nitrogens with zero attached hydrogens (tertiary/aromatic N) is 1. The summed E-state index contributed by atoms with van der Waals surface area (Å²) in [5, 5.41) is 8.34. The SMILES string of the molecule is NC(N)=NC(F)CCC(N)C(=O)O. The highest BCUT2D eigenvalue weighted by Gasteiger charge is 2.14. The Morgan fingerprint density at radius 2 is 2.00 bits per heavy atom. The van der Waals surface area contributed by atoms with Crippen LogP contribution in [0.15, 0.2) is 4.99 Å². The lowest BCUT2D eigenvalue weighted by Crippen LogP contribution is -2.31. The van der Waals surface area contributed by atoms with E-state index in [9.17, 15) is 9.18 Å². The van der Waals surface area contributed by atoms with Crippen molar-refractivity contribution in [2.45, 2.75) is 25.2 Å². The molecule has 0 radical (unpaired) electrons. The van der Waals surface area contributed by atoms with Gasteiger partial charge in [-0.1, -0.05) is 0 Å². The van der Waals surface area contributed by atoms with Crippen molar-refractivity contribution in [2.75, 3.05) is 0 Å². The monoisotopic (exact) mass is 192 g/mol. The van der Waals surface area contributed by atoms with E-state index in [-0.39, 0.29) is 18.8 Å². The number of aliphatic carboxylic acids is 1. The molecule has 7 heteroatoms. The van der Waals surface area contributed by atoms with Crippen LogP contribution >= 0.6 is 0 Å². The molecule has 76 valence electrons. The van der Waals surface area contributed by atoms with Gasteiger partial charge in [0.25, 0.3) is 0 Å². The van der Waals surface area contributed by atoms with Gasteiger partial charge >= 0.3 is 5.97 Å². The van der Waals surface area contributed by atoms with Crippen LogP contribution in [0.5, 0.6) is 0 Å². The van der Waals surface area contributed by atoms with Crippen LogP contribution in [-0.2, 0) is 4.79 Å². The van der Waals surface area contributed by atoms with E-state index in [2.05, 4.69) is 4.99 Å². The van der Waals surface area contributed by atoms with E-state index in [1.54, 1.807) is 0 Å². The smallest absolute Gasteiger partial charge is 0.320 e. The van der Waals surface area contributed by atoms with Gasteiger partial charge in [-0.25, -0.2) is 9.38 Å². The number of hydrogen-bond acceptors (Lipinski definition) is 3. The first-order valence-corrected chi connectivity index (χ1v) is 3.64. The molecule has 0 heterocycles. The Morgan fingerprint density at radius 3 is 2.38 bits per heavy atom. The Labute approximate surface area is 74.6 Å².